The smallest absolute Gasteiger partial charge is 0.354 e. The van der Waals surface area contributed by atoms with E-state index in [9.17, 15) is 9.59 Å². The summed E-state index contributed by atoms with van der Waals surface area (Å²) in [4.78, 5) is 23.0. The van der Waals surface area contributed by atoms with E-state index in [1.54, 1.807) is 13.2 Å². The van der Waals surface area contributed by atoms with E-state index >= 15 is 0 Å². The van der Waals surface area contributed by atoms with Crippen LogP contribution in [-0.2, 0) is 11.8 Å². The van der Waals surface area contributed by atoms with Gasteiger partial charge in [0.1, 0.15) is 6.04 Å². The Labute approximate surface area is 105 Å². The zero-order chi connectivity index (χ0) is 13.4. The number of carboxylic acid groups (broad SMARTS) is 1. The van der Waals surface area contributed by atoms with Crippen LogP contribution in [0.1, 0.15) is 30.8 Å². The normalized spacial score (nSPS) is 18.2. The minimum Gasteiger partial charge on any atom is -0.477 e. The second-order valence-corrected chi connectivity index (χ2v) is 5.00. The number of aryl methyl sites for hydroxylation is 1. The van der Waals surface area contributed by atoms with Crippen molar-refractivity contribution in [3.8, 4) is 0 Å². The van der Waals surface area contributed by atoms with Gasteiger partial charge in [-0.2, -0.15) is 0 Å². The molecule has 2 rings (SSSR count). The van der Waals surface area contributed by atoms with Gasteiger partial charge < -0.3 is 20.3 Å². The van der Waals surface area contributed by atoms with E-state index in [0.717, 1.165) is 0 Å². The van der Waals surface area contributed by atoms with Crippen molar-refractivity contribution in [1.29, 1.82) is 0 Å². The number of amides is 1. The Balaban J connectivity index is 2.34. The average Bonchev–Trinajstić information content (AvgIpc) is 2.53. The Morgan fingerprint density at radius 3 is 2.78 bits per heavy atom. The fraction of sp³-hybridized carbons (Fsp3) is 0.500. The maximum absolute atomic E-state index is 11.9. The van der Waals surface area contributed by atoms with Gasteiger partial charge in [0.05, 0.1) is 11.4 Å². The van der Waals surface area contributed by atoms with Crippen molar-refractivity contribution in [3.63, 3.8) is 0 Å². The van der Waals surface area contributed by atoms with Gasteiger partial charge in [-0.1, -0.05) is 13.8 Å². The topological polar surface area (TPSA) is 83.4 Å². The first-order valence-corrected chi connectivity index (χ1v) is 5.90. The predicted molar refractivity (Wildman–Crippen MR) is 67.9 cm³/mol. The van der Waals surface area contributed by atoms with Gasteiger partial charge in [0.25, 0.3) is 0 Å². The van der Waals surface area contributed by atoms with Crippen LogP contribution in [0.5, 0.6) is 0 Å². The molecule has 6 heteroatoms. The molecule has 3 N–H and O–H groups in total. The molecule has 0 saturated carbocycles. The lowest BCUT2D eigenvalue weighted by Crippen LogP contribution is -2.39. The molecule has 0 aliphatic carbocycles. The molecule has 0 bridgehead atoms. The molecular formula is C12H17N3O3. The Morgan fingerprint density at radius 2 is 2.22 bits per heavy atom. The van der Waals surface area contributed by atoms with Crippen LogP contribution < -0.4 is 10.6 Å². The molecule has 98 valence electrons. The van der Waals surface area contributed by atoms with Crippen LogP contribution in [0, 0.1) is 5.92 Å². The molecule has 6 nitrogen and oxygen atoms in total. The highest BCUT2D eigenvalue weighted by Gasteiger charge is 2.31. The molecule has 18 heavy (non-hydrogen) atoms. The molecule has 1 aliphatic heterocycles. The molecule has 0 spiro atoms. The number of nitrogens with zero attached hydrogens (tertiary/aromatic N) is 1. The number of hydrogen-bond acceptors (Lipinski definition) is 3. The number of anilines is 2. The number of hydrogen-bond donors (Lipinski definition) is 3. The summed E-state index contributed by atoms with van der Waals surface area (Å²) in [7, 11) is 1.65. The van der Waals surface area contributed by atoms with Crippen molar-refractivity contribution in [3.05, 3.63) is 11.9 Å². The van der Waals surface area contributed by atoms with Crippen molar-refractivity contribution < 1.29 is 14.7 Å². The third-order valence-corrected chi connectivity index (χ3v) is 2.99. The molecule has 1 aliphatic rings. The quantitative estimate of drug-likeness (QED) is 0.760. The van der Waals surface area contributed by atoms with E-state index in [-0.39, 0.29) is 17.6 Å². The van der Waals surface area contributed by atoms with Gasteiger partial charge in [-0.05, 0) is 12.3 Å². The van der Waals surface area contributed by atoms with E-state index < -0.39 is 5.97 Å². The Bertz CT molecular complexity index is 505. The first-order valence-electron chi connectivity index (χ1n) is 5.90. The summed E-state index contributed by atoms with van der Waals surface area (Å²) in [6.45, 7) is 4.08. The molecule has 0 aromatic carbocycles. The Hall–Kier alpha value is -1.98. The minimum atomic E-state index is -1.05. The van der Waals surface area contributed by atoms with E-state index in [2.05, 4.69) is 10.6 Å². The SMILES string of the molecule is CC(C)C[C@H]1Nc2cn(C)c(C(=O)O)c2NC1=O. The molecule has 0 fully saturated rings. The lowest BCUT2D eigenvalue weighted by molar-refractivity contribution is -0.117. The molecule has 0 unspecified atom stereocenters. The molecule has 0 radical (unpaired) electrons. The van der Waals surface area contributed by atoms with Gasteiger partial charge in [0.15, 0.2) is 5.69 Å². The van der Waals surface area contributed by atoms with Crippen LogP contribution in [0.2, 0.25) is 0 Å². The highest BCUT2D eigenvalue weighted by Crippen LogP contribution is 2.33. The Morgan fingerprint density at radius 1 is 1.56 bits per heavy atom. The summed E-state index contributed by atoms with van der Waals surface area (Å²) in [5.74, 6) is -0.842. The highest BCUT2D eigenvalue weighted by atomic mass is 16.4. The number of carbonyl (C=O) groups excluding carboxylic acids is 1. The number of fused-ring (bicyclic) bond motifs is 1. The largest absolute Gasteiger partial charge is 0.477 e. The molecule has 1 atom stereocenters. The first-order chi connectivity index (χ1) is 8.40. The number of carboxylic acids is 1. The van der Waals surface area contributed by atoms with Crippen LogP contribution in [0.3, 0.4) is 0 Å². The number of rotatable bonds is 3. The van der Waals surface area contributed by atoms with Crippen LogP contribution in [0.4, 0.5) is 11.4 Å². The van der Waals surface area contributed by atoms with Gasteiger partial charge in [0, 0.05) is 13.2 Å². The third-order valence-electron chi connectivity index (χ3n) is 2.99. The van der Waals surface area contributed by atoms with Crippen molar-refractivity contribution in [2.24, 2.45) is 13.0 Å². The van der Waals surface area contributed by atoms with Crippen molar-refractivity contribution >= 4 is 23.3 Å². The summed E-state index contributed by atoms with van der Waals surface area (Å²) in [5.41, 5.74) is 1.11. The summed E-state index contributed by atoms with van der Waals surface area (Å²) in [6.07, 6.45) is 2.40. The van der Waals surface area contributed by atoms with Gasteiger partial charge >= 0.3 is 5.97 Å². The summed E-state index contributed by atoms with van der Waals surface area (Å²) in [6, 6.07) is -0.304. The second-order valence-electron chi connectivity index (χ2n) is 5.00. The fourth-order valence-electron chi connectivity index (χ4n) is 2.22. The first kappa shape index (κ1) is 12.5. The molecule has 2 heterocycles. The monoisotopic (exact) mass is 251 g/mol. The second kappa shape index (κ2) is 4.36. The molecule has 1 aromatic rings. The predicted octanol–water partition coefficient (Wildman–Crippen LogP) is 1.50. The fourth-order valence-corrected chi connectivity index (χ4v) is 2.22. The summed E-state index contributed by atoms with van der Waals surface area (Å²) < 4.78 is 1.50. The van der Waals surface area contributed by atoms with E-state index in [1.807, 2.05) is 13.8 Å². The van der Waals surface area contributed by atoms with E-state index in [1.165, 1.54) is 4.57 Å². The number of carbonyl (C=O) groups is 2. The molecular weight excluding hydrogens is 234 g/mol. The van der Waals surface area contributed by atoms with Gasteiger partial charge in [-0.25, -0.2) is 4.79 Å². The number of nitrogens with one attached hydrogen (secondary N) is 2. The minimum absolute atomic E-state index is 0.0915. The molecule has 1 aromatic heterocycles. The van der Waals surface area contributed by atoms with Crippen molar-refractivity contribution in [1.82, 2.24) is 4.57 Å². The number of aromatic carboxylic acids is 1. The van der Waals surface area contributed by atoms with Crippen LogP contribution in [0.15, 0.2) is 6.20 Å². The van der Waals surface area contributed by atoms with Gasteiger partial charge in [0.2, 0.25) is 5.91 Å². The van der Waals surface area contributed by atoms with E-state index in [4.69, 9.17) is 5.11 Å². The summed E-state index contributed by atoms with van der Waals surface area (Å²) >= 11 is 0. The highest BCUT2D eigenvalue weighted by molar-refractivity contribution is 6.09. The van der Waals surface area contributed by atoms with Crippen LogP contribution in [0.25, 0.3) is 0 Å². The van der Waals surface area contributed by atoms with Crippen LogP contribution in [-0.4, -0.2) is 27.6 Å². The lowest BCUT2D eigenvalue weighted by atomic mass is 10.0. The van der Waals surface area contributed by atoms with Crippen molar-refractivity contribution in [2.75, 3.05) is 10.6 Å². The number of aromatic nitrogens is 1. The molecule has 1 amide bonds. The Kier molecular flexibility index (Phi) is 3.02. The van der Waals surface area contributed by atoms with Crippen LogP contribution >= 0.6 is 0 Å². The maximum atomic E-state index is 11.9. The summed E-state index contributed by atoms with van der Waals surface area (Å²) in [5, 5.41) is 14.9. The third kappa shape index (κ3) is 2.05. The zero-order valence-corrected chi connectivity index (χ0v) is 10.7. The maximum Gasteiger partial charge on any atom is 0.354 e. The zero-order valence-electron chi connectivity index (χ0n) is 10.7. The average molecular weight is 251 g/mol. The van der Waals surface area contributed by atoms with E-state index in [0.29, 0.717) is 23.7 Å². The lowest BCUT2D eigenvalue weighted by Gasteiger charge is -2.26. The standard InChI is InChI=1S/C12H17N3O3/c1-6(2)4-7-11(16)14-9-8(13-7)5-15(3)10(9)12(17)18/h5-7,13H,4H2,1-3H3,(H,14,16)(H,17,18)/t7-/m1/s1. The van der Waals surface area contributed by atoms with Gasteiger partial charge in [-0.15, -0.1) is 0 Å². The van der Waals surface area contributed by atoms with Gasteiger partial charge in [-0.3, -0.25) is 4.79 Å². The molecule has 0 saturated heterocycles. The van der Waals surface area contributed by atoms with Crippen molar-refractivity contribution in [2.45, 2.75) is 26.3 Å².